The Kier molecular flexibility index (Phi) is 6.99. The molecule has 0 spiro atoms. The Morgan fingerprint density at radius 3 is 2.39 bits per heavy atom. The summed E-state index contributed by atoms with van der Waals surface area (Å²) in [6, 6.07) is 14.8. The quantitative estimate of drug-likeness (QED) is 0.493. The minimum absolute atomic E-state index is 0.187. The predicted octanol–water partition coefficient (Wildman–Crippen LogP) is 4.86. The van der Waals surface area contributed by atoms with E-state index in [9.17, 15) is 4.79 Å². The van der Waals surface area contributed by atoms with Crippen LogP contribution < -0.4 is 11.1 Å². The van der Waals surface area contributed by atoms with Crippen LogP contribution in [0.1, 0.15) is 38.8 Å². The molecule has 3 N–H and O–H groups in total. The first kappa shape index (κ1) is 23.2. The second-order valence-corrected chi connectivity index (χ2v) is 8.91. The number of amides is 1. The summed E-state index contributed by atoms with van der Waals surface area (Å²) in [5, 5.41) is 3.24. The van der Waals surface area contributed by atoms with Crippen LogP contribution in [0.5, 0.6) is 0 Å². The molecule has 0 atom stereocenters. The number of nitrogen functional groups attached to an aromatic ring is 1. The van der Waals surface area contributed by atoms with Crippen LogP contribution in [0.3, 0.4) is 0 Å². The van der Waals surface area contributed by atoms with Crippen molar-refractivity contribution in [2.45, 2.75) is 45.5 Å². The maximum atomic E-state index is 12.3. The van der Waals surface area contributed by atoms with Crippen LogP contribution in [0.15, 0.2) is 54.0 Å². The number of ether oxygens (including phenoxy) is 1. The van der Waals surface area contributed by atoms with Gasteiger partial charge in [-0.2, -0.15) is 0 Å². The lowest BCUT2D eigenvalue weighted by molar-refractivity contribution is 0.00578. The molecule has 0 saturated carbocycles. The fourth-order valence-electron chi connectivity index (χ4n) is 2.99. The number of alkyl carbamates (subject to hydrolysis) is 1. The molecule has 8 heteroatoms. The maximum absolute atomic E-state index is 12.3. The molecule has 0 bridgehead atoms. The van der Waals surface area contributed by atoms with E-state index in [2.05, 4.69) is 5.32 Å². The molecule has 0 radical (unpaired) electrons. The number of carbonyl (C=O) groups excluding carboxylic acids is 1. The molecular formula is C23H28BClN2O4. The third-order valence-corrected chi connectivity index (χ3v) is 5.91. The molecule has 1 aliphatic heterocycles. The molecular weight excluding hydrogens is 415 g/mol. The third-order valence-electron chi connectivity index (χ3n) is 5.58. The zero-order valence-corrected chi connectivity index (χ0v) is 19.0. The Hall–Kier alpha value is -2.48. The minimum atomic E-state index is -0.629. The van der Waals surface area contributed by atoms with Crippen molar-refractivity contribution < 1.29 is 18.8 Å². The van der Waals surface area contributed by atoms with Crippen molar-refractivity contribution in [1.82, 2.24) is 5.32 Å². The Bertz CT molecular complexity index is 947. The molecule has 0 aliphatic carbocycles. The summed E-state index contributed by atoms with van der Waals surface area (Å²) in [6.07, 6.45) is 1.35. The van der Waals surface area contributed by atoms with Gasteiger partial charge in [-0.15, -0.1) is 0 Å². The van der Waals surface area contributed by atoms with E-state index in [-0.39, 0.29) is 13.2 Å². The molecule has 1 amide bonds. The van der Waals surface area contributed by atoms with Gasteiger partial charge in [0.05, 0.1) is 21.9 Å². The molecule has 0 aromatic heterocycles. The van der Waals surface area contributed by atoms with E-state index in [0.717, 1.165) is 16.6 Å². The molecule has 1 saturated heterocycles. The standard InChI is InChI=1S/C23H28BClN2O4/c1-22(2)23(3,4)31-24(30-22)18(12-17-10-11-20(26)19(25)13-17)14-27-21(28)29-15-16-8-6-5-7-9-16/h5-13H,14-15,26H2,1-4H3,(H,27,28). The molecule has 2 aromatic rings. The van der Waals surface area contributed by atoms with E-state index in [1.807, 2.05) is 70.2 Å². The molecule has 31 heavy (non-hydrogen) atoms. The first-order chi connectivity index (χ1) is 14.6. The lowest BCUT2D eigenvalue weighted by Crippen LogP contribution is -2.41. The van der Waals surface area contributed by atoms with Crippen LogP contribution in [0.25, 0.3) is 6.08 Å². The Morgan fingerprint density at radius 1 is 1.13 bits per heavy atom. The highest BCUT2D eigenvalue weighted by Gasteiger charge is 2.52. The van der Waals surface area contributed by atoms with E-state index in [1.54, 1.807) is 12.1 Å². The van der Waals surface area contributed by atoms with Gasteiger partial charge < -0.3 is 25.1 Å². The summed E-state index contributed by atoms with van der Waals surface area (Å²) in [5.41, 5.74) is 7.76. The van der Waals surface area contributed by atoms with Crippen molar-refractivity contribution in [2.24, 2.45) is 0 Å². The maximum Gasteiger partial charge on any atom is 0.492 e. The van der Waals surface area contributed by atoms with E-state index in [1.165, 1.54) is 0 Å². The number of anilines is 1. The molecule has 6 nitrogen and oxygen atoms in total. The van der Waals surface area contributed by atoms with Gasteiger partial charge in [-0.1, -0.05) is 54.1 Å². The van der Waals surface area contributed by atoms with Crippen LogP contribution in [0.4, 0.5) is 10.5 Å². The number of hydrogen-bond acceptors (Lipinski definition) is 5. The number of halogens is 1. The Morgan fingerprint density at radius 2 is 1.77 bits per heavy atom. The van der Waals surface area contributed by atoms with Crippen molar-refractivity contribution in [3.05, 3.63) is 70.2 Å². The number of nitrogens with two attached hydrogens (primary N) is 1. The second kappa shape index (κ2) is 9.34. The van der Waals surface area contributed by atoms with Gasteiger partial charge in [-0.3, -0.25) is 0 Å². The highest BCUT2D eigenvalue weighted by molar-refractivity contribution is 6.56. The topological polar surface area (TPSA) is 82.8 Å². The monoisotopic (exact) mass is 442 g/mol. The van der Waals surface area contributed by atoms with Gasteiger partial charge in [0, 0.05) is 6.54 Å². The largest absolute Gasteiger partial charge is 0.492 e. The lowest BCUT2D eigenvalue weighted by Gasteiger charge is -2.32. The molecule has 164 valence electrons. The van der Waals surface area contributed by atoms with E-state index in [0.29, 0.717) is 10.7 Å². The van der Waals surface area contributed by atoms with Crippen LogP contribution in [0.2, 0.25) is 5.02 Å². The fraction of sp³-hybridized carbons (Fsp3) is 0.348. The minimum Gasteiger partial charge on any atom is -0.445 e. The summed E-state index contributed by atoms with van der Waals surface area (Å²) in [5.74, 6) is 0. The normalized spacial score (nSPS) is 17.5. The van der Waals surface area contributed by atoms with Crippen LogP contribution in [0, 0.1) is 0 Å². The molecule has 1 aliphatic rings. The number of benzene rings is 2. The molecule has 0 unspecified atom stereocenters. The number of carbonyl (C=O) groups is 1. The van der Waals surface area contributed by atoms with Crippen LogP contribution in [-0.2, 0) is 20.7 Å². The first-order valence-electron chi connectivity index (χ1n) is 10.1. The molecule has 3 rings (SSSR count). The first-order valence-corrected chi connectivity index (χ1v) is 10.5. The summed E-state index contributed by atoms with van der Waals surface area (Å²) < 4.78 is 17.7. The Labute approximate surface area is 188 Å². The van der Waals surface area contributed by atoms with Gasteiger partial charge in [0.2, 0.25) is 0 Å². The van der Waals surface area contributed by atoms with Crippen molar-refractivity contribution >= 4 is 36.6 Å². The van der Waals surface area contributed by atoms with E-state index in [4.69, 9.17) is 31.4 Å². The zero-order valence-electron chi connectivity index (χ0n) is 18.3. The van der Waals surface area contributed by atoms with Gasteiger partial charge >= 0.3 is 13.2 Å². The van der Waals surface area contributed by atoms with Crippen molar-refractivity contribution in [2.75, 3.05) is 12.3 Å². The zero-order chi connectivity index (χ0) is 22.6. The summed E-state index contributed by atoms with van der Waals surface area (Å²) in [6.45, 7) is 8.29. The highest BCUT2D eigenvalue weighted by atomic mass is 35.5. The summed E-state index contributed by atoms with van der Waals surface area (Å²) >= 11 is 6.17. The van der Waals surface area contributed by atoms with Crippen molar-refractivity contribution in [1.29, 1.82) is 0 Å². The van der Waals surface area contributed by atoms with Gasteiger partial charge in [0.15, 0.2) is 0 Å². The number of hydrogen-bond donors (Lipinski definition) is 2. The summed E-state index contributed by atoms with van der Waals surface area (Å²) in [4.78, 5) is 12.3. The molecule has 2 aromatic carbocycles. The number of rotatable bonds is 6. The predicted molar refractivity (Wildman–Crippen MR) is 125 cm³/mol. The second-order valence-electron chi connectivity index (χ2n) is 8.50. The smallest absolute Gasteiger partial charge is 0.445 e. The van der Waals surface area contributed by atoms with Gasteiger partial charge in [0.1, 0.15) is 6.61 Å². The van der Waals surface area contributed by atoms with Gasteiger partial charge in [-0.25, -0.2) is 4.79 Å². The van der Waals surface area contributed by atoms with E-state index >= 15 is 0 Å². The highest BCUT2D eigenvalue weighted by Crippen LogP contribution is 2.38. The molecule has 1 fully saturated rings. The van der Waals surface area contributed by atoms with Crippen molar-refractivity contribution in [3.63, 3.8) is 0 Å². The molecule has 1 heterocycles. The van der Waals surface area contributed by atoms with Gasteiger partial charge in [0.25, 0.3) is 0 Å². The summed E-state index contributed by atoms with van der Waals surface area (Å²) in [7, 11) is -0.629. The fourth-order valence-corrected chi connectivity index (χ4v) is 3.18. The number of nitrogens with one attached hydrogen (secondary N) is 1. The third kappa shape index (κ3) is 5.82. The van der Waals surface area contributed by atoms with E-state index < -0.39 is 24.4 Å². The average molecular weight is 443 g/mol. The average Bonchev–Trinajstić information content (AvgIpc) is 2.94. The van der Waals surface area contributed by atoms with Crippen LogP contribution >= 0.6 is 11.6 Å². The Balaban J connectivity index is 1.73. The SMILES string of the molecule is CC1(C)OB(C(=Cc2ccc(N)c(Cl)c2)CNC(=O)OCc2ccccc2)OC1(C)C. The lowest BCUT2D eigenvalue weighted by atomic mass is 9.77. The van der Waals surface area contributed by atoms with Crippen LogP contribution in [-0.4, -0.2) is 31.0 Å². The van der Waals surface area contributed by atoms with Crippen molar-refractivity contribution in [3.8, 4) is 0 Å². The van der Waals surface area contributed by atoms with Gasteiger partial charge in [-0.05, 0) is 56.4 Å².